The Morgan fingerprint density at radius 3 is 1.63 bits per heavy atom. The van der Waals surface area contributed by atoms with Crippen LogP contribution in [0, 0.1) is 24.4 Å². The number of benzene rings is 3. The number of nitrogens with two attached hydrogens (primary N) is 4. The lowest BCUT2D eigenvalue weighted by atomic mass is 9.96. The van der Waals surface area contributed by atoms with Gasteiger partial charge in [-0.3, -0.25) is 9.98 Å². The highest BCUT2D eigenvalue weighted by Gasteiger charge is 2.18. The molecule has 0 unspecified atom stereocenters. The average molecular weight is 529 g/mol. The van der Waals surface area contributed by atoms with Crippen LogP contribution in [0.15, 0.2) is 58.5 Å². The Labute approximate surface area is 219 Å². The van der Waals surface area contributed by atoms with Crippen molar-refractivity contribution in [1.29, 1.82) is 0 Å². The summed E-state index contributed by atoms with van der Waals surface area (Å²) in [6.07, 6.45) is 1.01. The average Bonchev–Trinajstić information content (AvgIpc) is 2.86. The van der Waals surface area contributed by atoms with E-state index in [1.807, 2.05) is 0 Å². The molecular weight excluding hydrogens is 497 g/mol. The van der Waals surface area contributed by atoms with Gasteiger partial charge in [-0.2, -0.15) is 0 Å². The molecule has 0 fully saturated rings. The number of guanidine groups is 2. The van der Waals surface area contributed by atoms with Gasteiger partial charge in [-0.25, -0.2) is 13.2 Å². The van der Waals surface area contributed by atoms with Crippen LogP contribution in [0.2, 0.25) is 0 Å². The van der Waals surface area contributed by atoms with Crippen LogP contribution in [0.4, 0.5) is 13.2 Å². The third-order valence-electron chi connectivity index (χ3n) is 5.50. The fourth-order valence-electron chi connectivity index (χ4n) is 3.58. The van der Waals surface area contributed by atoms with Crippen LogP contribution in [-0.2, 0) is 0 Å². The molecular formula is C27H31F3N6O2. The molecule has 0 bridgehead atoms. The molecule has 202 valence electrons. The molecule has 0 atom stereocenters. The summed E-state index contributed by atoms with van der Waals surface area (Å²) in [6, 6.07) is 11.7. The molecule has 8 nitrogen and oxygen atoms in total. The Hall–Kier alpha value is -4.41. The quantitative estimate of drug-likeness (QED) is 0.160. The van der Waals surface area contributed by atoms with Gasteiger partial charge in [-0.05, 0) is 47.9 Å². The largest absolute Gasteiger partial charge is 0.493 e. The molecule has 0 heterocycles. The minimum atomic E-state index is -1.01. The maximum atomic E-state index is 14.5. The molecule has 0 aliphatic rings. The summed E-state index contributed by atoms with van der Waals surface area (Å²) >= 11 is 0. The summed E-state index contributed by atoms with van der Waals surface area (Å²) in [7, 11) is 0. The van der Waals surface area contributed by atoms with Crippen LogP contribution in [0.5, 0.6) is 11.5 Å². The van der Waals surface area contributed by atoms with E-state index < -0.39 is 17.5 Å². The molecule has 11 heteroatoms. The highest BCUT2D eigenvalue weighted by Crippen LogP contribution is 2.42. The highest BCUT2D eigenvalue weighted by molar-refractivity contribution is 5.82. The van der Waals surface area contributed by atoms with Gasteiger partial charge in [-0.15, -0.1) is 0 Å². The molecule has 0 aliphatic carbocycles. The number of rotatable bonds is 12. The third kappa shape index (κ3) is 7.79. The Bertz CT molecular complexity index is 1230. The van der Waals surface area contributed by atoms with Crippen molar-refractivity contribution in [3.05, 3.63) is 71.5 Å². The van der Waals surface area contributed by atoms with Crippen LogP contribution in [0.25, 0.3) is 22.3 Å². The first-order valence-corrected chi connectivity index (χ1v) is 11.9. The van der Waals surface area contributed by atoms with Gasteiger partial charge < -0.3 is 32.4 Å². The van der Waals surface area contributed by atoms with Crippen molar-refractivity contribution in [1.82, 2.24) is 0 Å². The Balaban J connectivity index is 2.05. The van der Waals surface area contributed by atoms with E-state index >= 15 is 0 Å². The summed E-state index contributed by atoms with van der Waals surface area (Å²) in [5, 5.41) is 0. The second-order valence-corrected chi connectivity index (χ2v) is 8.45. The van der Waals surface area contributed by atoms with E-state index in [4.69, 9.17) is 32.4 Å². The summed E-state index contributed by atoms with van der Waals surface area (Å²) in [5.41, 5.74) is 23.9. The molecule has 0 aromatic heterocycles. The zero-order valence-electron chi connectivity index (χ0n) is 21.0. The molecule has 3 rings (SSSR count). The van der Waals surface area contributed by atoms with Gasteiger partial charge in [-0.1, -0.05) is 18.2 Å². The number of nitrogens with zero attached hydrogens (tertiary/aromatic N) is 2. The zero-order valence-corrected chi connectivity index (χ0v) is 21.0. The van der Waals surface area contributed by atoms with Crippen molar-refractivity contribution in [2.75, 3.05) is 26.3 Å². The molecule has 0 saturated heterocycles. The van der Waals surface area contributed by atoms with Crippen LogP contribution in [0.1, 0.15) is 18.4 Å². The highest BCUT2D eigenvalue weighted by atomic mass is 19.2. The fraction of sp³-hybridized carbons (Fsp3) is 0.259. The van der Waals surface area contributed by atoms with Gasteiger partial charge >= 0.3 is 0 Å². The summed E-state index contributed by atoms with van der Waals surface area (Å²) < 4.78 is 54.4. The van der Waals surface area contributed by atoms with Gasteiger partial charge in [0.2, 0.25) is 0 Å². The van der Waals surface area contributed by atoms with E-state index in [0.717, 1.165) is 12.1 Å². The normalized spacial score (nSPS) is 10.6. The lowest BCUT2D eigenvalue weighted by Crippen LogP contribution is -2.23. The van der Waals surface area contributed by atoms with Crippen LogP contribution >= 0.6 is 0 Å². The number of halogens is 3. The molecule has 3 aromatic carbocycles. The summed E-state index contributed by atoms with van der Waals surface area (Å²) in [4.78, 5) is 7.86. The predicted molar refractivity (Wildman–Crippen MR) is 144 cm³/mol. The van der Waals surface area contributed by atoms with Gasteiger partial charge in [0.25, 0.3) is 0 Å². The van der Waals surface area contributed by atoms with Gasteiger partial charge in [0.1, 0.15) is 17.3 Å². The number of aliphatic imine (C=N–C) groups is 2. The maximum absolute atomic E-state index is 14.5. The molecule has 0 radical (unpaired) electrons. The molecule has 8 N–H and O–H groups in total. The number of ether oxygens (including phenoxy) is 2. The molecule has 0 amide bonds. The van der Waals surface area contributed by atoms with Crippen molar-refractivity contribution < 1.29 is 22.6 Å². The third-order valence-corrected chi connectivity index (χ3v) is 5.50. The van der Waals surface area contributed by atoms with Gasteiger partial charge in [0, 0.05) is 43.1 Å². The van der Waals surface area contributed by atoms with Crippen molar-refractivity contribution in [2.24, 2.45) is 32.9 Å². The first-order chi connectivity index (χ1) is 18.2. The summed E-state index contributed by atoms with van der Waals surface area (Å²) in [5.74, 6) is -1.67. The summed E-state index contributed by atoms with van der Waals surface area (Å²) in [6.45, 7) is 2.85. The van der Waals surface area contributed by atoms with E-state index in [-0.39, 0.29) is 25.1 Å². The number of aryl methyl sites for hydroxylation is 1. The van der Waals surface area contributed by atoms with E-state index in [2.05, 4.69) is 9.98 Å². The topological polar surface area (TPSA) is 147 Å². The lowest BCUT2D eigenvalue weighted by molar-refractivity contribution is 0.299. The minimum absolute atomic E-state index is 0.0203. The van der Waals surface area contributed by atoms with Crippen LogP contribution < -0.4 is 32.4 Å². The smallest absolute Gasteiger partial charge is 0.185 e. The first-order valence-electron chi connectivity index (χ1n) is 11.9. The standard InChI is InChI=1S/C27H31F3N6O2/c1-16-4-5-17(12-22(16)29)19-14-20(18-6-7-21(28)23(30)13-18)25(38-11-3-9-36-27(33)34)15-24(19)37-10-2-8-35-26(31)32/h4-7,12-15H,2-3,8-11H2,1H3,(H4,31,32,35)(H4,33,34,36). The van der Waals surface area contributed by atoms with E-state index in [0.29, 0.717) is 65.2 Å². The van der Waals surface area contributed by atoms with Gasteiger partial charge in [0.15, 0.2) is 23.6 Å². The molecule has 38 heavy (non-hydrogen) atoms. The number of hydrogen-bond donors (Lipinski definition) is 4. The monoisotopic (exact) mass is 528 g/mol. The maximum Gasteiger partial charge on any atom is 0.185 e. The van der Waals surface area contributed by atoms with Crippen molar-refractivity contribution in [3.63, 3.8) is 0 Å². The first kappa shape index (κ1) is 28.2. The lowest BCUT2D eigenvalue weighted by Gasteiger charge is -2.18. The van der Waals surface area contributed by atoms with E-state index in [1.165, 1.54) is 12.1 Å². The Morgan fingerprint density at radius 2 is 1.16 bits per heavy atom. The second kappa shape index (κ2) is 13.2. The van der Waals surface area contributed by atoms with Crippen LogP contribution in [-0.4, -0.2) is 38.2 Å². The van der Waals surface area contributed by atoms with Crippen LogP contribution in [0.3, 0.4) is 0 Å². The number of hydrogen-bond acceptors (Lipinski definition) is 4. The Kier molecular flexibility index (Phi) is 9.80. The second-order valence-electron chi connectivity index (χ2n) is 8.45. The molecule has 3 aromatic rings. The molecule has 0 aliphatic heterocycles. The zero-order chi connectivity index (χ0) is 27.7. The predicted octanol–water partition coefficient (Wildman–Crippen LogP) is 3.83. The van der Waals surface area contributed by atoms with E-state index in [1.54, 1.807) is 31.2 Å². The minimum Gasteiger partial charge on any atom is -0.493 e. The molecule has 0 saturated carbocycles. The van der Waals surface area contributed by atoms with E-state index in [9.17, 15) is 13.2 Å². The SMILES string of the molecule is Cc1ccc(-c2cc(-c3ccc(F)c(F)c3)c(OCCCN=C(N)N)cc2OCCCN=C(N)N)cc1F. The van der Waals surface area contributed by atoms with Crippen molar-refractivity contribution in [2.45, 2.75) is 19.8 Å². The fourth-order valence-corrected chi connectivity index (χ4v) is 3.58. The molecule has 0 spiro atoms. The van der Waals surface area contributed by atoms with Crippen molar-refractivity contribution >= 4 is 11.9 Å². The Morgan fingerprint density at radius 1 is 0.658 bits per heavy atom. The van der Waals surface area contributed by atoms with Crippen molar-refractivity contribution in [3.8, 4) is 33.8 Å². The van der Waals surface area contributed by atoms with Gasteiger partial charge in [0.05, 0.1) is 13.2 Å².